The first-order valence-electron chi connectivity index (χ1n) is 7.37. The number of pyridine rings is 1. The molecule has 1 aromatic rings. The van der Waals surface area contributed by atoms with Gasteiger partial charge in [-0.1, -0.05) is 32.1 Å². The SMILES string of the molecule is O=C(NC1CCCCCCC1)c1cccnc1SC(F)F. The van der Waals surface area contributed by atoms with Crippen molar-refractivity contribution in [1.29, 1.82) is 0 Å². The van der Waals surface area contributed by atoms with Crippen LogP contribution in [0.15, 0.2) is 23.4 Å². The van der Waals surface area contributed by atoms with Crippen LogP contribution in [-0.4, -0.2) is 22.7 Å². The lowest BCUT2D eigenvalue weighted by Crippen LogP contribution is -2.35. The van der Waals surface area contributed by atoms with Crippen LogP contribution in [0.5, 0.6) is 0 Å². The van der Waals surface area contributed by atoms with Gasteiger partial charge in [-0.05, 0) is 36.7 Å². The van der Waals surface area contributed by atoms with Gasteiger partial charge in [-0.15, -0.1) is 0 Å². The standard InChI is InChI=1S/C15H20F2N2OS/c16-15(17)21-14-12(9-6-10-18-14)13(20)19-11-7-4-2-1-3-5-8-11/h6,9-11,15H,1-5,7-8H2,(H,19,20). The van der Waals surface area contributed by atoms with Crippen molar-refractivity contribution in [3.8, 4) is 0 Å². The number of halogens is 2. The van der Waals surface area contributed by atoms with Gasteiger partial charge in [0.05, 0.1) is 5.56 Å². The van der Waals surface area contributed by atoms with E-state index in [1.54, 1.807) is 12.1 Å². The molecule has 0 aliphatic heterocycles. The molecule has 0 unspecified atom stereocenters. The number of aromatic nitrogens is 1. The molecular formula is C15H20F2N2OS. The average Bonchev–Trinajstić information content (AvgIpc) is 2.41. The summed E-state index contributed by atoms with van der Waals surface area (Å²) in [6, 6.07) is 3.29. The second-order valence-electron chi connectivity index (χ2n) is 5.25. The normalized spacial score (nSPS) is 17.3. The highest BCUT2D eigenvalue weighted by molar-refractivity contribution is 7.99. The van der Waals surface area contributed by atoms with E-state index < -0.39 is 5.76 Å². The summed E-state index contributed by atoms with van der Waals surface area (Å²) in [5.41, 5.74) is 0.241. The van der Waals surface area contributed by atoms with Gasteiger partial charge in [-0.25, -0.2) is 4.98 Å². The van der Waals surface area contributed by atoms with Crippen LogP contribution in [0, 0.1) is 0 Å². The molecule has 0 saturated heterocycles. The average molecular weight is 314 g/mol. The summed E-state index contributed by atoms with van der Waals surface area (Å²) in [5.74, 6) is -2.87. The second-order valence-corrected chi connectivity index (χ2v) is 6.23. The van der Waals surface area contributed by atoms with Gasteiger partial charge in [0.2, 0.25) is 0 Å². The molecule has 1 aliphatic rings. The Bertz CT molecular complexity index is 463. The Balaban J connectivity index is 2.01. The molecule has 0 bridgehead atoms. The third kappa shape index (κ3) is 5.26. The number of carbonyl (C=O) groups is 1. The van der Waals surface area contributed by atoms with Gasteiger partial charge < -0.3 is 5.32 Å². The number of nitrogens with zero attached hydrogens (tertiary/aromatic N) is 1. The number of amides is 1. The summed E-state index contributed by atoms with van der Waals surface area (Å²) in [6.07, 6.45) is 9.23. The first-order chi connectivity index (χ1) is 10.2. The van der Waals surface area contributed by atoms with Crippen molar-refractivity contribution in [3.63, 3.8) is 0 Å². The predicted molar refractivity (Wildman–Crippen MR) is 79.7 cm³/mol. The third-order valence-corrected chi connectivity index (χ3v) is 4.38. The van der Waals surface area contributed by atoms with Crippen molar-refractivity contribution in [2.24, 2.45) is 0 Å². The zero-order valence-corrected chi connectivity index (χ0v) is 12.7. The minimum absolute atomic E-state index is 0.0934. The van der Waals surface area contributed by atoms with Crippen LogP contribution in [0.1, 0.15) is 55.3 Å². The Hall–Kier alpha value is -1.17. The van der Waals surface area contributed by atoms with Crippen LogP contribution in [0.2, 0.25) is 0 Å². The molecule has 0 spiro atoms. The van der Waals surface area contributed by atoms with Crippen LogP contribution in [0.4, 0.5) is 8.78 Å². The van der Waals surface area contributed by atoms with Crippen molar-refractivity contribution < 1.29 is 13.6 Å². The number of thioether (sulfide) groups is 1. The van der Waals surface area contributed by atoms with E-state index >= 15 is 0 Å². The molecule has 0 aromatic carbocycles. The zero-order chi connectivity index (χ0) is 15.1. The van der Waals surface area contributed by atoms with Crippen LogP contribution in [0.3, 0.4) is 0 Å². The van der Waals surface area contributed by atoms with Crippen molar-refractivity contribution in [2.45, 2.75) is 61.8 Å². The maximum atomic E-state index is 12.5. The molecule has 21 heavy (non-hydrogen) atoms. The number of carbonyl (C=O) groups excluding carboxylic acids is 1. The number of rotatable bonds is 4. The van der Waals surface area contributed by atoms with E-state index in [0.717, 1.165) is 25.7 Å². The zero-order valence-electron chi connectivity index (χ0n) is 11.9. The van der Waals surface area contributed by atoms with E-state index in [2.05, 4.69) is 10.3 Å². The lowest BCUT2D eigenvalue weighted by molar-refractivity contribution is 0.0926. The van der Waals surface area contributed by atoms with Gasteiger partial charge in [-0.2, -0.15) is 8.78 Å². The molecule has 2 rings (SSSR count). The topological polar surface area (TPSA) is 42.0 Å². The van der Waals surface area contributed by atoms with Crippen molar-refractivity contribution in [3.05, 3.63) is 23.9 Å². The highest BCUT2D eigenvalue weighted by Gasteiger charge is 2.19. The Kier molecular flexibility index (Phi) is 6.42. The van der Waals surface area contributed by atoms with E-state index in [-0.39, 0.29) is 22.5 Å². The number of hydrogen-bond donors (Lipinski definition) is 1. The van der Waals surface area contributed by atoms with E-state index in [9.17, 15) is 13.6 Å². The fraction of sp³-hybridized carbons (Fsp3) is 0.600. The summed E-state index contributed by atoms with van der Waals surface area (Å²) in [5, 5.41) is 3.07. The summed E-state index contributed by atoms with van der Waals surface area (Å²) >= 11 is 0.318. The first-order valence-corrected chi connectivity index (χ1v) is 8.25. The van der Waals surface area contributed by atoms with Crippen LogP contribution < -0.4 is 5.32 Å². The van der Waals surface area contributed by atoms with Gasteiger partial charge >= 0.3 is 0 Å². The maximum Gasteiger partial charge on any atom is 0.290 e. The minimum Gasteiger partial charge on any atom is -0.349 e. The summed E-state index contributed by atoms with van der Waals surface area (Å²) < 4.78 is 25.0. The molecule has 6 heteroatoms. The van der Waals surface area contributed by atoms with Gasteiger partial charge in [0.25, 0.3) is 11.7 Å². The molecule has 1 saturated carbocycles. The summed E-state index contributed by atoms with van der Waals surface area (Å²) in [7, 11) is 0. The first kappa shape index (κ1) is 16.2. The van der Waals surface area contributed by atoms with Crippen LogP contribution in [0.25, 0.3) is 0 Å². The molecule has 1 aromatic heterocycles. The summed E-state index contributed by atoms with van der Waals surface area (Å²) in [6.45, 7) is 0. The molecule has 0 atom stereocenters. The molecule has 1 fully saturated rings. The second kappa shape index (κ2) is 8.32. The van der Waals surface area contributed by atoms with Gasteiger partial charge in [-0.3, -0.25) is 4.79 Å². The van der Waals surface area contributed by atoms with Crippen molar-refractivity contribution in [2.75, 3.05) is 0 Å². The molecule has 1 amide bonds. The van der Waals surface area contributed by atoms with E-state index in [4.69, 9.17) is 0 Å². The molecule has 1 aliphatic carbocycles. The monoisotopic (exact) mass is 314 g/mol. The summed E-state index contributed by atoms with van der Waals surface area (Å²) in [4.78, 5) is 16.2. The fourth-order valence-corrected chi connectivity index (χ4v) is 3.18. The maximum absolute atomic E-state index is 12.5. The quantitative estimate of drug-likeness (QED) is 0.845. The largest absolute Gasteiger partial charge is 0.349 e. The Labute approximate surface area is 127 Å². The van der Waals surface area contributed by atoms with Gasteiger partial charge in [0, 0.05) is 12.2 Å². The van der Waals surface area contributed by atoms with E-state index in [1.807, 2.05) is 0 Å². The van der Waals surface area contributed by atoms with E-state index in [1.165, 1.54) is 25.5 Å². The fourth-order valence-electron chi connectivity index (χ4n) is 2.61. The van der Waals surface area contributed by atoms with Crippen LogP contribution >= 0.6 is 11.8 Å². The Morgan fingerprint density at radius 1 is 1.24 bits per heavy atom. The Morgan fingerprint density at radius 3 is 2.57 bits per heavy atom. The van der Waals surface area contributed by atoms with Crippen LogP contribution in [-0.2, 0) is 0 Å². The molecule has 0 radical (unpaired) electrons. The van der Waals surface area contributed by atoms with E-state index in [0.29, 0.717) is 11.8 Å². The molecule has 1 heterocycles. The third-order valence-electron chi connectivity index (χ3n) is 3.66. The van der Waals surface area contributed by atoms with Crippen molar-refractivity contribution in [1.82, 2.24) is 10.3 Å². The number of hydrogen-bond acceptors (Lipinski definition) is 3. The molecular weight excluding hydrogens is 294 g/mol. The Morgan fingerprint density at radius 2 is 1.90 bits per heavy atom. The molecule has 116 valence electrons. The smallest absolute Gasteiger partial charge is 0.290 e. The molecule has 1 N–H and O–H groups in total. The van der Waals surface area contributed by atoms with Gasteiger partial charge in [0.1, 0.15) is 5.03 Å². The highest BCUT2D eigenvalue weighted by atomic mass is 32.2. The lowest BCUT2D eigenvalue weighted by Gasteiger charge is -2.21. The minimum atomic E-state index is -2.58. The number of alkyl halides is 2. The van der Waals surface area contributed by atoms with Crippen molar-refractivity contribution >= 4 is 17.7 Å². The highest BCUT2D eigenvalue weighted by Crippen LogP contribution is 2.26. The lowest BCUT2D eigenvalue weighted by atomic mass is 9.96. The van der Waals surface area contributed by atoms with Gasteiger partial charge in [0.15, 0.2) is 0 Å². The number of nitrogens with one attached hydrogen (secondary N) is 1. The predicted octanol–water partition coefficient (Wildman–Crippen LogP) is 4.24. The molecule has 3 nitrogen and oxygen atoms in total.